The van der Waals surface area contributed by atoms with Crippen LogP contribution in [0.5, 0.6) is 0 Å². The fourth-order valence-electron chi connectivity index (χ4n) is 0.946. The van der Waals surface area contributed by atoms with Gasteiger partial charge in [0, 0.05) is 5.56 Å². The van der Waals surface area contributed by atoms with Crippen molar-refractivity contribution in [3.8, 4) is 0 Å². The Bertz CT molecular complexity index is 490. The van der Waals surface area contributed by atoms with Gasteiger partial charge in [0.05, 0.1) is 0 Å². The fraction of sp³-hybridized carbons (Fsp3) is 0.286. The highest BCUT2D eigenvalue weighted by molar-refractivity contribution is 9.10. The second-order valence-electron chi connectivity index (χ2n) is 2.81. The lowest BCUT2D eigenvalue weighted by molar-refractivity contribution is 0.150. The summed E-state index contributed by atoms with van der Waals surface area (Å²) in [6, 6.07) is 0.778. The van der Waals surface area contributed by atoms with Gasteiger partial charge in [-0.1, -0.05) is 0 Å². The van der Waals surface area contributed by atoms with Gasteiger partial charge in [0.25, 0.3) is 16.4 Å². The van der Waals surface area contributed by atoms with Crippen molar-refractivity contribution in [1.29, 1.82) is 0 Å². The zero-order valence-electron chi connectivity index (χ0n) is 7.54. The summed E-state index contributed by atoms with van der Waals surface area (Å²) in [5.74, 6) is 0. The smallest absolute Gasteiger partial charge is 0.228 e. The Morgan fingerprint density at radius 1 is 1.53 bits per heavy atom. The van der Waals surface area contributed by atoms with Gasteiger partial charge in [-0.05, 0) is 34.5 Å². The largest absolute Gasteiger partial charge is 0.264 e. The van der Waals surface area contributed by atoms with Gasteiger partial charge in [-0.25, -0.2) is 27.3 Å². The molecule has 0 spiro atoms. The molecule has 8 heteroatoms. The number of halogens is 3. The Morgan fingerprint density at radius 2 is 2.07 bits per heavy atom. The Labute approximate surface area is 93.7 Å². The molecule has 0 aliphatic rings. The van der Waals surface area contributed by atoms with E-state index < -0.39 is 27.0 Å². The van der Waals surface area contributed by atoms with Crippen LogP contribution < -0.4 is 5.14 Å². The summed E-state index contributed by atoms with van der Waals surface area (Å²) >= 11 is 2.89. The van der Waals surface area contributed by atoms with E-state index in [1.54, 1.807) is 0 Å². The minimum atomic E-state index is -4.07. The van der Waals surface area contributed by atoms with Crippen LogP contribution >= 0.6 is 15.9 Å². The number of primary sulfonamides is 1. The van der Waals surface area contributed by atoms with Crippen molar-refractivity contribution in [3.05, 3.63) is 21.8 Å². The maximum Gasteiger partial charge on any atom is 0.264 e. The van der Waals surface area contributed by atoms with Crippen molar-refractivity contribution in [1.82, 2.24) is 4.98 Å². The molecule has 0 aliphatic carbocycles. The van der Waals surface area contributed by atoms with Gasteiger partial charge in [0.1, 0.15) is 4.60 Å². The minimum absolute atomic E-state index is 0.0457. The zero-order valence-corrected chi connectivity index (χ0v) is 9.94. The van der Waals surface area contributed by atoms with E-state index in [2.05, 4.69) is 20.9 Å². The third-order valence-electron chi connectivity index (χ3n) is 1.76. The lowest BCUT2D eigenvalue weighted by atomic mass is 10.2. The van der Waals surface area contributed by atoms with Gasteiger partial charge in [0.2, 0.25) is 0 Å². The van der Waals surface area contributed by atoms with Crippen LogP contribution in [0.4, 0.5) is 8.78 Å². The third-order valence-corrected chi connectivity index (χ3v) is 3.32. The molecule has 0 saturated carbocycles. The first kappa shape index (κ1) is 12.5. The summed E-state index contributed by atoms with van der Waals surface area (Å²) in [5.41, 5.74) is -0.210. The predicted molar refractivity (Wildman–Crippen MR) is 53.0 cm³/mol. The summed E-state index contributed by atoms with van der Waals surface area (Å²) < 4.78 is 46.9. The SMILES string of the molecule is Cc1c(C(F)F)cc(S(N)(=O)=O)nc1Br. The van der Waals surface area contributed by atoms with Gasteiger partial charge in [-0.2, -0.15) is 0 Å². The average Bonchev–Trinajstić information content (AvgIpc) is 2.06. The molecule has 1 rings (SSSR count). The maximum atomic E-state index is 12.5. The van der Waals surface area contributed by atoms with Crippen LogP contribution in [-0.2, 0) is 10.0 Å². The van der Waals surface area contributed by atoms with E-state index in [4.69, 9.17) is 5.14 Å². The molecule has 0 radical (unpaired) electrons. The molecule has 4 nitrogen and oxygen atoms in total. The number of sulfonamides is 1. The molecule has 0 unspecified atom stereocenters. The quantitative estimate of drug-likeness (QED) is 0.846. The number of alkyl halides is 2. The lowest BCUT2D eigenvalue weighted by Gasteiger charge is -2.08. The van der Waals surface area contributed by atoms with Gasteiger partial charge in [0.15, 0.2) is 5.03 Å². The zero-order chi connectivity index (χ0) is 11.8. The van der Waals surface area contributed by atoms with Crippen molar-refractivity contribution < 1.29 is 17.2 Å². The highest BCUT2D eigenvalue weighted by Gasteiger charge is 2.19. The van der Waals surface area contributed by atoms with E-state index in [0.29, 0.717) is 0 Å². The minimum Gasteiger partial charge on any atom is -0.228 e. The van der Waals surface area contributed by atoms with Crippen molar-refractivity contribution in [2.45, 2.75) is 18.4 Å². The Kier molecular flexibility index (Phi) is 3.41. The number of aromatic nitrogens is 1. The van der Waals surface area contributed by atoms with E-state index in [1.165, 1.54) is 6.92 Å². The average molecular weight is 301 g/mol. The number of rotatable bonds is 2. The second kappa shape index (κ2) is 4.11. The Morgan fingerprint density at radius 3 is 2.47 bits per heavy atom. The maximum absolute atomic E-state index is 12.5. The molecule has 0 bridgehead atoms. The number of nitrogens with zero attached hydrogens (tertiary/aromatic N) is 1. The molecule has 0 aliphatic heterocycles. The molecule has 0 amide bonds. The number of nitrogens with two attached hydrogens (primary N) is 1. The first-order valence-electron chi connectivity index (χ1n) is 3.71. The molecule has 2 N–H and O–H groups in total. The highest BCUT2D eigenvalue weighted by atomic mass is 79.9. The molecule has 1 aromatic rings. The summed E-state index contributed by atoms with van der Waals surface area (Å²) in [6.45, 7) is 1.41. The van der Waals surface area contributed by atoms with Gasteiger partial charge >= 0.3 is 0 Å². The van der Waals surface area contributed by atoms with Crippen LogP contribution in [0.1, 0.15) is 17.6 Å². The van der Waals surface area contributed by atoms with Crippen LogP contribution in [0.2, 0.25) is 0 Å². The van der Waals surface area contributed by atoms with E-state index in [-0.39, 0.29) is 10.2 Å². The lowest BCUT2D eigenvalue weighted by Crippen LogP contribution is -2.15. The van der Waals surface area contributed by atoms with Crippen LogP contribution in [0, 0.1) is 6.92 Å². The first-order chi connectivity index (χ1) is 6.73. The van der Waals surface area contributed by atoms with E-state index >= 15 is 0 Å². The van der Waals surface area contributed by atoms with Crippen molar-refractivity contribution in [3.63, 3.8) is 0 Å². The first-order valence-corrected chi connectivity index (χ1v) is 6.05. The number of hydrogen-bond donors (Lipinski definition) is 1. The Balaban J connectivity index is 3.50. The van der Waals surface area contributed by atoms with E-state index in [0.717, 1.165) is 6.07 Å². The van der Waals surface area contributed by atoms with Crippen LogP contribution in [0.15, 0.2) is 15.7 Å². The van der Waals surface area contributed by atoms with E-state index in [1.807, 2.05) is 0 Å². The molecule has 0 fully saturated rings. The summed E-state index contributed by atoms with van der Waals surface area (Å²) in [4.78, 5) is 3.56. The van der Waals surface area contributed by atoms with Crippen LogP contribution in [0.25, 0.3) is 0 Å². The molecule has 0 saturated heterocycles. The van der Waals surface area contributed by atoms with Crippen molar-refractivity contribution in [2.75, 3.05) is 0 Å². The van der Waals surface area contributed by atoms with Gasteiger partial charge in [-0.15, -0.1) is 0 Å². The van der Waals surface area contributed by atoms with Crippen molar-refractivity contribution in [2.24, 2.45) is 5.14 Å². The van der Waals surface area contributed by atoms with Gasteiger partial charge in [-0.3, -0.25) is 0 Å². The van der Waals surface area contributed by atoms with Gasteiger partial charge < -0.3 is 0 Å². The number of pyridine rings is 1. The molecule has 0 aromatic carbocycles. The monoisotopic (exact) mass is 300 g/mol. The summed E-state index contributed by atoms with van der Waals surface area (Å²) in [6.07, 6.45) is -2.77. The molecule has 0 atom stereocenters. The third kappa shape index (κ3) is 2.70. The molecule has 1 aromatic heterocycles. The summed E-state index contributed by atoms with van der Waals surface area (Å²) in [7, 11) is -4.07. The summed E-state index contributed by atoms with van der Waals surface area (Å²) in [5, 5.41) is 4.21. The topological polar surface area (TPSA) is 73.1 Å². The van der Waals surface area contributed by atoms with Crippen LogP contribution in [0.3, 0.4) is 0 Å². The molecule has 1 heterocycles. The molecule has 15 heavy (non-hydrogen) atoms. The van der Waals surface area contributed by atoms with E-state index in [9.17, 15) is 17.2 Å². The van der Waals surface area contributed by atoms with Crippen molar-refractivity contribution >= 4 is 26.0 Å². The Hall–Kier alpha value is -0.600. The molecular weight excluding hydrogens is 294 g/mol. The second-order valence-corrected chi connectivity index (χ2v) is 5.07. The predicted octanol–water partition coefficient (Wildman–Crippen LogP) is 1.74. The standard InChI is InChI=1S/C7H7BrF2N2O2S/c1-3-4(7(9)10)2-5(12-6(3)8)15(11,13)14/h2,7H,1H3,(H2,11,13,14). The fourth-order valence-corrected chi connectivity index (χ4v) is 1.99. The van der Waals surface area contributed by atoms with Crippen LogP contribution in [-0.4, -0.2) is 13.4 Å². The normalized spacial score (nSPS) is 12.1. The molecular formula is C7H7BrF2N2O2S. The molecule has 84 valence electrons. The highest BCUT2D eigenvalue weighted by Crippen LogP contribution is 2.28. The number of hydrogen-bond acceptors (Lipinski definition) is 3.